The van der Waals surface area contributed by atoms with Crippen molar-refractivity contribution in [1.29, 1.82) is 0 Å². The summed E-state index contributed by atoms with van der Waals surface area (Å²) < 4.78 is 0. The summed E-state index contributed by atoms with van der Waals surface area (Å²) in [4.78, 5) is 10.5. The first kappa shape index (κ1) is 10.9. The Hall–Kier alpha value is -1.57. The van der Waals surface area contributed by atoms with E-state index in [0.717, 1.165) is 0 Å². The molecule has 0 aliphatic heterocycles. The van der Waals surface area contributed by atoms with Crippen molar-refractivity contribution >= 4 is 11.5 Å². The topological polar surface area (TPSA) is 37.3 Å². The third-order valence-corrected chi connectivity index (χ3v) is 2.85. The van der Waals surface area contributed by atoms with Crippen LogP contribution in [0.25, 0.3) is 5.57 Å². The molecule has 2 rings (SSSR count). The Morgan fingerprint density at radius 1 is 1.31 bits per heavy atom. The zero-order chi connectivity index (χ0) is 11.4. The quantitative estimate of drug-likeness (QED) is 0.819. The molecular formula is C14H16O2. The van der Waals surface area contributed by atoms with E-state index in [9.17, 15) is 4.79 Å². The number of carbonyl (C=O) groups is 1. The predicted octanol–water partition coefficient (Wildman–Crippen LogP) is 3.34. The van der Waals surface area contributed by atoms with Crippen LogP contribution in [0, 0.1) is 5.92 Å². The van der Waals surface area contributed by atoms with Crippen molar-refractivity contribution in [2.24, 2.45) is 5.92 Å². The molecule has 0 amide bonds. The van der Waals surface area contributed by atoms with E-state index in [0.29, 0.717) is 12.3 Å². The van der Waals surface area contributed by atoms with Crippen LogP contribution in [-0.4, -0.2) is 11.1 Å². The van der Waals surface area contributed by atoms with E-state index in [1.54, 1.807) is 0 Å². The molecule has 16 heavy (non-hydrogen) atoms. The second kappa shape index (κ2) is 4.97. The Bertz CT molecular complexity index is 388. The van der Waals surface area contributed by atoms with E-state index in [1.165, 1.54) is 24.0 Å². The molecule has 84 valence electrons. The van der Waals surface area contributed by atoms with Gasteiger partial charge in [0.05, 0.1) is 0 Å². The van der Waals surface area contributed by atoms with Crippen molar-refractivity contribution in [3.05, 3.63) is 42.0 Å². The highest BCUT2D eigenvalue weighted by molar-refractivity contribution is 5.71. The van der Waals surface area contributed by atoms with Gasteiger partial charge in [0.25, 0.3) is 0 Å². The van der Waals surface area contributed by atoms with Gasteiger partial charge < -0.3 is 5.11 Å². The van der Waals surface area contributed by atoms with Gasteiger partial charge >= 0.3 is 5.97 Å². The van der Waals surface area contributed by atoms with Crippen LogP contribution in [0.1, 0.15) is 31.2 Å². The van der Waals surface area contributed by atoms with E-state index in [-0.39, 0.29) is 6.42 Å². The van der Waals surface area contributed by atoms with E-state index in [1.807, 2.05) is 18.2 Å². The molecule has 0 atom stereocenters. The average molecular weight is 216 g/mol. The molecule has 0 spiro atoms. The number of carboxylic acids is 1. The lowest BCUT2D eigenvalue weighted by atomic mass is 10.00. The number of hydrogen-bond acceptors (Lipinski definition) is 1. The fourth-order valence-electron chi connectivity index (χ4n) is 1.90. The number of hydrogen-bond donors (Lipinski definition) is 1. The molecule has 0 unspecified atom stereocenters. The van der Waals surface area contributed by atoms with Crippen LogP contribution in [-0.2, 0) is 4.79 Å². The van der Waals surface area contributed by atoms with Gasteiger partial charge in [-0.1, -0.05) is 36.4 Å². The lowest BCUT2D eigenvalue weighted by Gasteiger charge is -2.05. The molecule has 0 bridgehead atoms. The molecule has 1 N–H and O–H groups in total. The summed E-state index contributed by atoms with van der Waals surface area (Å²) in [7, 11) is 0. The average Bonchev–Trinajstić information content (AvgIpc) is 3.09. The van der Waals surface area contributed by atoms with Crippen molar-refractivity contribution in [1.82, 2.24) is 0 Å². The minimum absolute atomic E-state index is 0.225. The minimum Gasteiger partial charge on any atom is -0.481 e. The van der Waals surface area contributed by atoms with Crippen LogP contribution >= 0.6 is 0 Å². The predicted molar refractivity (Wildman–Crippen MR) is 64.0 cm³/mol. The van der Waals surface area contributed by atoms with Gasteiger partial charge in [-0.25, -0.2) is 0 Å². The summed E-state index contributed by atoms with van der Waals surface area (Å²) >= 11 is 0. The molecule has 1 aromatic rings. The highest BCUT2D eigenvalue weighted by Gasteiger charge is 2.26. The minimum atomic E-state index is -0.723. The zero-order valence-electron chi connectivity index (χ0n) is 9.23. The van der Waals surface area contributed by atoms with Crippen molar-refractivity contribution in [3.63, 3.8) is 0 Å². The number of carboxylic acid groups (broad SMARTS) is 1. The normalized spacial score (nSPS) is 16.1. The van der Waals surface area contributed by atoms with Gasteiger partial charge in [0.15, 0.2) is 0 Å². The molecule has 0 radical (unpaired) electrons. The summed E-state index contributed by atoms with van der Waals surface area (Å²) in [6.45, 7) is 0. The smallest absolute Gasteiger partial charge is 0.303 e. The fourth-order valence-corrected chi connectivity index (χ4v) is 1.90. The van der Waals surface area contributed by atoms with Crippen LogP contribution < -0.4 is 0 Å². The highest BCUT2D eigenvalue weighted by atomic mass is 16.4. The van der Waals surface area contributed by atoms with Crippen LogP contribution in [0.15, 0.2) is 36.4 Å². The molecule has 0 heterocycles. The van der Waals surface area contributed by atoms with Gasteiger partial charge in [-0.15, -0.1) is 0 Å². The third-order valence-electron chi connectivity index (χ3n) is 2.85. The van der Waals surface area contributed by atoms with Gasteiger partial charge in [0.2, 0.25) is 0 Å². The van der Waals surface area contributed by atoms with E-state index in [4.69, 9.17) is 5.11 Å². The first-order chi connectivity index (χ1) is 7.77. The Morgan fingerprint density at radius 3 is 2.56 bits per heavy atom. The van der Waals surface area contributed by atoms with Crippen LogP contribution in [0.4, 0.5) is 0 Å². The Balaban J connectivity index is 2.08. The van der Waals surface area contributed by atoms with Gasteiger partial charge in [0, 0.05) is 6.42 Å². The maximum absolute atomic E-state index is 10.5. The molecular weight excluding hydrogens is 200 g/mol. The van der Waals surface area contributed by atoms with Crippen molar-refractivity contribution < 1.29 is 9.90 Å². The van der Waals surface area contributed by atoms with Gasteiger partial charge in [-0.05, 0) is 36.3 Å². The lowest BCUT2D eigenvalue weighted by Crippen LogP contribution is -1.93. The number of rotatable bonds is 5. The second-order valence-electron chi connectivity index (χ2n) is 4.23. The number of allylic oxidation sites excluding steroid dienone is 2. The van der Waals surface area contributed by atoms with E-state index < -0.39 is 5.97 Å². The third kappa shape index (κ3) is 2.96. The van der Waals surface area contributed by atoms with Crippen molar-refractivity contribution in [3.8, 4) is 0 Å². The molecule has 2 nitrogen and oxygen atoms in total. The van der Waals surface area contributed by atoms with E-state index >= 15 is 0 Å². The molecule has 1 saturated carbocycles. The van der Waals surface area contributed by atoms with Crippen LogP contribution in [0.3, 0.4) is 0 Å². The van der Waals surface area contributed by atoms with Gasteiger partial charge in [0.1, 0.15) is 0 Å². The highest BCUT2D eigenvalue weighted by Crippen LogP contribution is 2.42. The molecule has 1 aliphatic carbocycles. The molecule has 0 saturated heterocycles. The molecule has 2 heteroatoms. The Kier molecular flexibility index (Phi) is 3.40. The largest absolute Gasteiger partial charge is 0.481 e. The summed E-state index contributed by atoms with van der Waals surface area (Å²) in [6, 6.07) is 10.3. The summed E-state index contributed by atoms with van der Waals surface area (Å²) in [5.74, 6) is -0.0596. The van der Waals surface area contributed by atoms with Crippen LogP contribution in [0.5, 0.6) is 0 Å². The first-order valence-electron chi connectivity index (χ1n) is 5.74. The number of aliphatic carboxylic acids is 1. The lowest BCUT2D eigenvalue weighted by molar-refractivity contribution is -0.136. The van der Waals surface area contributed by atoms with Crippen molar-refractivity contribution in [2.75, 3.05) is 0 Å². The van der Waals surface area contributed by atoms with Gasteiger partial charge in [-0.2, -0.15) is 0 Å². The summed E-state index contributed by atoms with van der Waals surface area (Å²) in [5, 5.41) is 8.62. The molecule has 1 aliphatic rings. The maximum Gasteiger partial charge on any atom is 0.303 e. The molecule has 1 fully saturated rings. The SMILES string of the molecule is O=C(O)CC/C=C(\c1ccccc1)C1CC1. The Labute approximate surface area is 95.6 Å². The monoisotopic (exact) mass is 216 g/mol. The van der Waals surface area contributed by atoms with Crippen LogP contribution in [0.2, 0.25) is 0 Å². The fraction of sp³-hybridized carbons (Fsp3) is 0.357. The first-order valence-corrected chi connectivity index (χ1v) is 5.74. The molecule has 1 aromatic carbocycles. The van der Waals surface area contributed by atoms with Crippen molar-refractivity contribution in [2.45, 2.75) is 25.7 Å². The molecule has 0 aromatic heterocycles. The van der Waals surface area contributed by atoms with E-state index in [2.05, 4.69) is 18.2 Å². The number of benzene rings is 1. The van der Waals surface area contributed by atoms with Gasteiger partial charge in [-0.3, -0.25) is 4.79 Å². The summed E-state index contributed by atoms with van der Waals surface area (Å²) in [6.07, 6.45) is 5.45. The second-order valence-corrected chi connectivity index (χ2v) is 4.23. The Morgan fingerprint density at radius 2 is 2.00 bits per heavy atom. The summed E-state index contributed by atoms with van der Waals surface area (Å²) in [5.41, 5.74) is 2.58. The zero-order valence-corrected chi connectivity index (χ0v) is 9.23. The standard InChI is InChI=1S/C14H16O2/c15-14(16)8-4-7-13(12-9-10-12)11-5-2-1-3-6-11/h1-3,5-7,12H,4,8-10H2,(H,15,16)/b13-7+. The maximum atomic E-state index is 10.5.